The summed E-state index contributed by atoms with van der Waals surface area (Å²) in [6.45, 7) is 21.3. The molecule has 44 heavy (non-hydrogen) atoms. The quantitative estimate of drug-likeness (QED) is 0.130. The van der Waals surface area contributed by atoms with E-state index in [1.807, 2.05) is 19.9 Å². The average Bonchev–Trinajstić information content (AvgIpc) is 2.93. The van der Waals surface area contributed by atoms with Crippen molar-refractivity contribution in [3.63, 3.8) is 0 Å². The molecule has 0 aliphatic heterocycles. The van der Waals surface area contributed by atoms with Crippen molar-refractivity contribution < 1.29 is 22.7 Å². The standard InChI is InChI=1S/C34H51ClN2O5S2/c1-11-32(5,6)24-14-17-29(26(20-24)33(7,8)12-2)42-19-13-18-36-44(40,41)25-15-16-27(35)28(21-25)37-31(39)22-30(38)34(9,10)43-23(3)4/h14-17,20-21,23,36H,11-13,18-19,22H2,1-10H3,(H,37,39). The number of thioether (sulfide) groups is 1. The number of carbonyl (C=O) groups is 2. The van der Waals surface area contributed by atoms with Crippen LogP contribution in [0.3, 0.4) is 0 Å². The zero-order valence-electron chi connectivity index (χ0n) is 28.0. The molecule has 2 N–H and O–H groups in total. The van der Waals surface area contributed by atoms with Gasteiger partial charge in [-0.2, -0.15) is 0 Å². The number of sulfonamides is 1. The zero-order valence-corrected chi connectivity index (χ0v) is 30.4. The molecule has 0 fully saturated rings. The second kappa shape index (κ2) is 15.5. The first-order chi connectivity index (χ1) is 20.3. The Morgan fingerprint density at radius 2 is 1.59 bits per heavy atom. The SMILES string of the molecule is CCC(C)(C)c1ccc(OCCCNS(=O)(=O)c2ccc(Cl)c(NC(=O)CC(=O)C(C)(C)SC(C)C)c2)c(C(C)(C)CC)c1. The van der Waals surface area contributed by atoms with Crippen molar-refractivity contribution in [3.8, 4) is 5.75 Å². The van der Waals surface area contributed by atoms with Gasteiger partial charge >= 0.3 is 0 Å². The van der Waals surface area contributed by atoms with Gasteiger partial charge in [0.15, 0.2) is 5.78 Å². The third-order valence-electron chi connectivity index (χ3n) is 8.17. The smallest absolute Gasteiger partial charge is 0.240 e. The van der Waals surface area contributed by atoms with Gasteiger partial charge in [0, 0.05) is 17.4 Å². The minimum atomic E-state index is -3.89. The number of amides is 1. The van der Waals surface area contributed by atoms with E-state index in [0.717, 1.165) is 24.2 Å². The lowest BCUT2D eigenvalue weighted by atomic mass is 9.76. The molecule has 0 saturated carbocycles. The van der Waals surface area contributed by atoms with Crippen LogP contribution in [0, 0.1) is 0 Å². The summed E-state index contributed by atoms with van der Waals surface area (Å²) in [6, 6.07) is 10.5. The van der Waals surface area contributed by atoms with E-state index in [9.17, 15) is 18.0 Å². The lowest BCUT2D eigenvalue weighted by Gasteiger charge is -2.30. The van der Waals surface area contributed by atoms with E-state index in [4.69, 9.17) is 16.3 Å². The molecule has 10 heteroatoms. The Hall–Kier alpha value is -2.07. The number of ketones is 1. The monoisotopic (exact) mass is 666 g/mol. The number of benzene rings is 2. The van der Waals surface area contributed by atoms with Crippen LogP contribution >= 0.6 is 23.4 Å². The van der Waals surface area contributed by atoms with Crippen molar-refractivity contribution in [1.29, 1.82) is 0 Å². The first-order valence-corrected chi connectivity index (χ1v) is 18.1. The Labute approximate surface area is 274 Å². The Morgan fingerprint density at radius 1 is 0.955 bits per heavy atom. The average molecular weight is 667 g/mol. The van der Waals surface area contributed by atoms with Crippen LogP contribution in [0.15, 0.2) is 41.3 Å². The number of Topliss-reactive ketones (excluding diaryl/α,β-unsaturated/α-hetero) is 1. The van der Waals surface area contributed by atoms with Crippen molar-refractivity contribution >= 4 is 50.8 Å². The molecule has 0 radical (unpaired) electrons. The van der Waals surface area contributed by atoms with Crippen LogP contribution in [0.4, 0.5) is 5.69 Å². The van der Waals surface area contributed by atoms with E-state index in [-0.39, 0.29) is 50.4 Å². The molecule has 0 aliphatic rings. The predicted octanol–water partition coefficient (Wildman–Crippen LogP) is 8.28. The maximum Gasteiger partial charge on any atom is 0.240 e. The molecule has 2 aromatic rings. The van der Waals surface area contributed by atoms with Crippen molar-refractivity contribution in [2.24, 2.45) is 0 Å². The highest BCUT2D eigenvalue weighted by molar-refractivity contribution is 8.01. The molecule has 0 aliphatic carbocycles. The van der Waals surface area contributed by atoms with Crippen LogP contribution in [0.5, 0.6) is 5.75 Å². The fraction of sp³-hybridized carbons (Fsp3) is 0.588. The molecule has 7 nitrogen and oxygen atoms in total. The van der Waals surface area contributed by atoms with Crippen LogP contribution in [0.2, 0.25) is 5.02 Å². The van der Waals surface area contributed by atoms with Crippen LogP contribution < -0.4 is 14.8 Å². The maximum absolute atomic E-state index is 13.0. The molecular formula is C34H51ClN2O5S2. The minimum absolute atomic E-state index is 0.0405. The van der Waals surface area contributed by atoms with Crippen molar-refractivity contribution in [2.45, 2.75) is 121 Å². The second-order valence-electron chi connectivity index (χ2n) is 13.3. The first-order valence-electron chi connectivity index (χ1n) is 15.3. The molecule has 0 atom stereocenters. The predicted molar refractivity (Wildman–Crippen MR) is 185 cm³/mol. The highest BCUT2D eigenvalue weighted by Gasteiger charge is 2.31. The van der Waals surface area contributed by atoms with Gasteiger partial charge in [-0.3, -0.25) is 9.59 Å². The lowest BCUT2D eigenvalue weighted by Crippen LogP contribution is -2.33. The summed E-state index contributed by atoms with van der Waals surface area (Å²) in [5.74, 6) is 0.0487. The molecule has 0 aromatic heterocycles. The fourth-order valence-electron chi connectivity index (χ4n) is 4.52. The van der Waals surface area contributed by atoms with Gasteiger partial charge in [-0.1, -0.05) is 79.1 Å². The number of rotatable bonds is 17. The summed E-state index contributed by atoms with van der Waals surface area (Å²) in [6.07, 6.45) is 2.09. The van der Waals surface area contributed by atoms with Crippen molar-refractivity contribution in [2.75, 3.05) is 18.5 Å². The van der Waals surface area contributed by atoms with Crippen LogP contribution in [-0.4, -0.2) is 43.3 Å². The Balaban J connectivity index is 2.04. The van der Waals surface area contributed by atoms with Crippen molar-refractivity contribution in [3.05, 3.63) is 52.5 Å². The van der Waals surface area contributed by atoms with E-state index in [1.165, 1.54) is 35.5 Å². The zero-order chi connectivity index (χ0) is 33.5. The highest BCUT2D eigenvalue weighted by Crippen LogP contribution is 2.38. The summed E-state index contributed by atoms with van der Waals surface area (Å²) in [5, 5.41) is 3.00. The number of halogens is 1. The number of ether oxygens (including phenoxy) is 1. The first kappa shape index (κ1) is 38.1. The minimum Gasteiger partial charge on any atom is -0.493 e. The molecule has 2 rings (SSSR count). The third kappa shape index (κ3) is 10.5. The van der Waals surface area contributed by atoms with Gasteiger partial charge in [0.1, 0.15) is 5.75 Å². The molecule has 1 amide bonds. The maximum atomic E-state index is 13.0. The third-order valence-corrected chi connectivity index (χ3v) is 11.3. The highest BCUT2D eigenvalue weighted by atomic mass is 35.5. The second-order valence-corrected chi connectivity index (χ2v) is 17.6. The molecule has 0 heterocycles. The fourth-order valence-corrected chi connectivity index (χ4v) is 7.17. The Kier molecular flexibility index (Phi) is 13.4. The molecule has 0 saturated heterocycles. The number of hydrogen-bond acceptors (Lipinski definition) is 6. The number of anilines is 1. The number of nitrogens with one attached hydrogen (secondary N) is 2. The van der Waals surface area contributed by atoms with E-state index >= 15 is 0 Å². The van der Waals surface area contributed by atoms with Gasteiger partial charge < -0.3 is 10.1 Å². The van der Waals surface area contributed by atoms with E-state index in [1.54, 1.807) is 13.8 Å². The number of hydrogen-bond donors (Lipinski definition) is 2. The van der Waals surface area contributed by atoms with Gasteiger partial charge in [0.25, 0.3) is 0 Å². The van der Waals surface area contributed by atoms with Gasteiger partial charge in [0.05, 0.1) is 33.4 Å². The van der Waals surface area contributed by atoms with E-state index in [2.05, 4.69) is 63.7 Å². The lowest BCUT2D eigenvalue weighted by molar-refractivity contribution is -0.126. The Bertz CT molecular complexity index is 1420. The van der Waals surface area contributed by atoms with Crippen molar-refractivity contribution in [1.82, 2.24) is 4.72 Å². The molecule has 246 valence electrons. The topological polar surface area (TPSA) is 102 Å². The molecule has 0 unspecified atom stereocenters. The van der Waals surface area contributed by atoms with Gasteiger partial charge in [-0.15, -0.1) is 11.8 Å². The van der Waals surface area contributed by atoms with Crippen LogP contribution in [0.25, 0.3) is 0 Å². The van der Waals surface area contributed by atoms with Gasteiger partial charge in [0.2, 0.25) is 15.9 Å². The summed E-state index contributed by atoms with van der Waals surface area (Å²) in [4.78, 5) is 25.3. The summed E-state index contributed by atoms with van der Waals surface area (Å²) in [7, 11) is -3.89. The van der Waals surface area contributed by atoms with Gasteiger partial charge in [-0.05, 0) is 73.8 Å². The van der Waals surface area contributed by atoms with Gasteiger partial charge in [-0.25, -0.2) is 13.1 Å². The molecule has 0 bridgehead atoms. The largest absolute Gasteiger partial charge is 0.493 e. The van der Waals surface area contributed by atoms with E-state index < -0.39 is 20.7 Å². The summed E-state index contributed by atoms with van der Waals surface area (Å²) >= 11 is 7.74. The Morgan fingerprint density at radius 3 is 2.18 bits per heavy atom. The molecular weight excluding hydrogens is 616 g/mol. The summed E-state index contributed by atoms with van der Waals surface area (Å²) < 4.78 is 34.1. The summed E-state index contributed by atoms with van der Waals surface area (Å²) in [5.41, 5.74) is 2.54. The number of carbonyl (C=O) groups excluding carboxylic acids is 2. The van der Waals surface area contributed by atoms with E-state index in [0.29, 0.717) is 13.0 Å². The van der Waals surface area contributed by atoms with Crippen LogP contribution in [-0.2, 0) is 30.4 Å². The molecule has 2 aromatic carbocycles. The van der Waals surface area contributed by atoms with Crippen LogP contribution in [0.1, 0.15) is 106 Å². The normalized spacial score (nSPS) is 12.8. The molecule has 0 spiro atoms.